The molecule has 228 valence electrons. The van der Waals surface area contributed by atoms with Crippen LogP contribution in [0.5, 0.6) is 5.75 Å². The first-order valence-corrected chi connectivity index (χ1v) is 15.3. The lowest BCUT2D eigenvalue weighted by atomic mass is 9.95. The van der Waals surface area contributed by atoms with Gasteiger partial charge in [-0.25, -0.2) is 4.98 Å². The van der Waals surface area contributed by atoms with Crippen LogP contribution in [0.3, 0.4) is 0 Å². The van der Waals surface area contributed by atoms with Gasteiger partial charge in [0.05, 0.1) is 18.1 Å². The number of carbonyl (C=O) groups excluding carboxylic acids is 1. The van der Waals surface area contributed by atoms with Crippen LogP contribution >= 0.6 is 11.3 Å². The number of hydrogen-bond acceptors (Lipinski definition) is 14. The van der Waals surface area contributed by atoms with Gasteiger partial charge in [0, 0.05) is 17.5 Å². The number of nitrogens with zero attached hydrogens (tertiary/aromatic N) is 4. The number of amides is 1. The van der Waals surface area contributed by atoms with Gasteiger partial charge in [-0.2, -0.15) is 12.7 Å². The van der Waals surface area contributed by atoms with Crippen molar-refractivity contribution in [3.63, 3.8) is 0 Å². The lowest BCUT2D eigenvalue weighted by molar-refractivity contribution is -0.166. The number of nitrogens with one attached hydrogen (secondary N) is 1. The monoisotopic (exact) mass is 624 g/mol. The van der Waals surface area contributed by atoms with Crippen molar-refractivity contribution >= 4 is 44.3 Å². The van der Waals surface area contributed by atoms with Crippen LogP contribution in [0.4, 0.5) is 5.13 Å². The Morgan fingerprint density at radius 2 is 2.17 bits per heavy atom. The molecule has 4 heterocycles. The molecule has 2 aromatic rings. The Balaban J connectivity index is 1.25. The van der Waals surface area contributed by atoms with E-state index in [1.807, 2.05) is 18.2 Å². The summed E-state index contributed by atoms with van der Waals surface area (Å²) in [6.45, 7) is 4.18. The molecule has 3 aliphatic rings. The lowest BCUT2D eigenvalue weighted by Crippen LogP contribution is -2.57. The Kier molecular flexibility index (Phi) is 8.39. The first kappa shape index (κ1) is 30.1. The summed E-state index contributed by atoms with van der Waals surface area (Å²) < 4.78 is 48.0. The number of oxime groups is 1. The number of carbonyl (C=O) groups is 1. The second-order valence-corrected chi connectivity index (χ2v) is 12.3. The minimum Gasteiger partial charge on any atom is -0.486 e. The Morgan fingerprint density at radius 1 is 1.38 bits per heavy atom. The summed E-state index contributed by atoms with van der Waals surface area (Å²) in [6.07, 6.45) is -0.330. The zero-order valence-corrected chi connectivity index (χ0v) is 24.4. The summed E-state index contributed by atoms with van der Waals surface area (Å²) >= 11 is 1.12. The molecule has 1 aromatic heterocycles. The van der Waals surface area contributed by atoms with E-state index in [4.69, 9.17) is 40.3 Å². The molecule has 16 nitrogen and oxygen atoms in total. The van der Waals surface area contributed by atoms with Crippen molar-refractivity contribution < 1.29 is 36.4 Å². The quantitative estimate of drug-likeness (QED) is 0.0700. The van der Waals surface area contributed by atoms with E-state index in [-0.39, 0.29) is 29.2 Å². The van der Waals surface area contributed by atoms with Crippen molar-refractivity contribution in [2.75, 3.05) is 25.4 Å². The number of nitrogen functional groups attached to an aromatic ring is 1. The van der Waals surface area contributed by atoms with E-state index in [0.29, 0.717) is 37.5 Å². The largest absolute Gasteiger partial charge is 0.486 e. The maximum Gasteiger partial charge on any atom is 0.413 e. The number of aryl methyl sites for hydroxylation is 1. The number of hydrogen-bond donors (Lipinski definition) is 5. The third kappa shape index (κ3) is 6.48. The van der Waals surface area contributed by atoms with E-state index >= 15 is 0 Å². The molecule has 3 aliphatic heterocycles. The fraction of sp³-hybridized carbons (Fsp3) is 0.500. The first-order valence-electron chi connectivity index (χ1n) is 13.0. The highest BCUT2D eigenvalue weighted by atomic mass is 32.3. The van der Waals surface area contributed by atoms with Crippen LogP contribution in [0.25, 0.3) is 0 Å². The van der Waals surface area contributed by atoms with Gasteiger partial charge in [0.2, 0.25) is 0 Å². The van der Waals surface area contributed by atoms with Crippen LogP contribution < -0.4 is 27.3 Å². The molecule has 4 unspecified atom stereocenters. The van der Waals surface area contributed by atoms with E-state index in [1.54, 1.807) is 19.2 Å². The highest BCUT2D eigenvalue weighted by molar-refractivity contribution is 7.80. The molecule has 0 spiro atoms. The van der Waals surface area contributed by atoms with Gasteiger partial charge in [-0.1, -0.05) is 5.16 Å². The van der Waals surface area contributed by atoms with E-state index in [2.05, 4.69) is 20.4 Å². The van der Waals surface area contributed by atoms with E-state index < -0.39 is 40.2 Å². The average Bonchev–Trinajstić information content (AvgIpc) is 3.55. The van der Waals surface area contributed by atoms with Crippen LogP contribution in [0.15, 0.2) is 33.7 Å². The van der Waals surface area contributed by atoms with Crippen molar-refractivity contribution in [3.05, 3.63) is 40.4 Å². The summed E-state index contributed by atoms with van der Waals surface area (Å²) in [5.41, 5.74) is 18.1. The molecule has 18 heteroatoms. The SMILES string of the molecule is CC1(C)C(NC(=O)/C(=N\OCC2CCc3cc(C(N)=NCCN)ccc3O2)c2csc(N)n2)C2OC2N1OS(=O)(=O)O. The molecule has 42 heavy (non-hydrogen) atoms. The molecule has 0 saturated carbocycles. The molecule has 2 fully saturated rings. The summed E-state index contributed by atoms with van der Waals surface area (Å²) in [5, 5.41) is 9.67. The van der Waals surface area contributed by atoms with Crippen LogP contribution in [0.2, 0.25) is 0 Å². The zero-order valence-electron chi connectivity index (χ0n) is 22.8. The smallest absolute Gasteiger partial charge is 0.413 e. The minimum absolute atomic E-state index is 0.0520. The third-order valence-corrected chi connectivity index (χ3v) is 8.07. The topological polar surface area (TPSA) is 243 Å². The highest BCUT2D eigenvalue weighted by Crippen LogP contribution is 2.46. The van der Waals surface area contributed by atoms with Gasteiger partial charge in [-0.15, -0.1) is 16.4 Å². The van der Waals surface area contributed by atoms with Gasteiger partial charge < -0.3 is 36.8 Å². The van der Waals surface area contributed by atoms with Crippen molar-refractivity contribution in [1.29, 1.82) is 0 Å². The van der Waals surface area contributed by atoms with Crippen LogP contribution in [0, 0.1) is 0 Å². The molecule has 2 saturated heterocycles. The highest BCUT2D eigenvalue weighted by Gasteiger charge is 2.67. The average molecular weight is 625 g/mol. The molecule has 1 aromatic carbocycles. The van der Waals surface area contributed by atoms with E-state index in [1.165, 1.54) is 0 Å². The fourth-order valence-corrected chi connectivity index (χ4v) is 5.93. The minimum atomic E-state index is -4.80. The molecule has 0 bridgehead atoms. The standard InChI is InChI=1S/C24H32N8O8S2/c1-24(2)19(18-22(39-18)32(24)40-42(34,35)36)30-21(33)17(15-11-41-23(27)29-15)31-37-10-14-5-3-12-9-13(4-6-16(12)38-14)20(26)28-8-7-25/h4,6,9,11,14,18-19,22H,3,5,7-8,10,25H2,1-2H3,(H2,26,28)(H2,27,29)(H,30,33)(H,34,35,36)/b31-17-. The number of aliphatic imine (C=N–C) groups is 1. The number of anilines is 1. The predicted molar refractivity (Wildman–Crippen MR) is 152 cm³/mol. The van der Waals surface area contributed by atoms with Gasteiger partial charge in [0.15, 0.2) is 23.7 Å². The number of rotatable bonds is 11. The maximum atomic E-state index is 13.4. The van der Waals surface area contributed by atoms with Gasteiger partial charge in [-0.05, 0) is 50.5 Å². The first-order chi connectivity index (χ1) is 19.9. The molecular formula is C24H32N8O8S2. The van der Waals surface area contributed by atoms with Crippen LogP contribution in [-0.2, 0) is 35.5 Å². The number of amidine groups is 1. The number of thiazole rings is 1. The van der Waals surface area contributed by atoms with E-state index in [0.717, 1.165) is 27.5 Å². The predicted octanol–water partition coefficient (Wildman–Crippen LogP) is -0.458. The summed E-state index contributed by atoms with van der Waals surface area (Å²) in [6, 6.07) is 4.87. The van der Waals surface area contributed by atoms with E-state index in [9.17, 15) is 13.2 Å². The fourth-order valence-electron chi connectivity index (χ4n) is 4.91. The Labute approximate surface area is 245 Å². The number of nitrogens with two attached hydrogens (primary N) is 3. The second kappa shape index (κ2) is 11.7. The molecule has 8 N–H and O–H groups in total. The zero-order chi connectivity index (χ0) is 30.2. The number of epoxide rings is 1. The number of fused-ring (bicyclic) bond motifs is 2. The maximum absolute atomic E-state index is 13.4. The van der Waals surface area contributed by atoms with Crippen molar-refractivity contribution in [3.8, 4) is 5.75 Å². The summed E-state index contributed by atoms with van der Waals surface area (Å²) in [5.74, 6) is 0.455. The van der Waals surface area contributed by atoms with Gasteiger partial charge >= 0.3 is 10.4 Å². The van der Waals surface area contributed by atoms with Crippen molar-refractivity contribution in [1.82, 2.24) is 15.4 Å². The van der Waals surface area contributed by atoms with Crippen LogP contribution in [0.1, 0.15) is 37.1 Å². The van der Waals surface area contributed by atoms with Crippen molar-refractivity contribution in [2.24, 2.45) is 21.6 Å². The Morgan fingerprint density at radius 3 is 2.86 bits per heavy atom. The summed E-state index contributed by atoms with van der Waals surface area (Å²) in [4.78, 5) is 27.4. The molecule has 5 rings (SSSR count). The van der Waals surface area contributed by atoms with Gasteiger partial charge in [0.1, 0.15) is 29.5 Å². The number of benzene rings is 1. The Bertz CT molecular complexity index is 1510. The molecule has 4 atom stereocenters. The second-order valence-electron chi connectivity index (χ2n) is 10.4. The van der Waals surface area contributed by atoms with Gasteiger partial charge in [0.25, 0.3) is 5.91 Å². The normalized spacial score (nSPS) is 25.3. The molecule has 1 amide bonds. The summed E-state index contributed by atoms with van der Waals surface area (Å²) in [7, 11) is -4.80. The number of aromatic nitrogens is 1. The van der Waals surface area contributed by atoms with Gasteiger partial charge in [-0.3, -0.25) is 14.3 Å². The molecular weight excluding hydrogens is 592 g/mol. The molecule has 0 aliphatic carbocycles. The van der Waals surface area contributed by atoms with Crippen molar-refractivity contribution in [2.45, 2.75) is 56.7 Å². The van der Waals surface area contributed by atoms with Crippen LogP contribution in [-0.4, -0.2) is 90.2 Å². The number of ether oxygens (including phenoxy) is 2. The molecule has 0 radical (unpaired) electrons. The lowest BCUT2D eigenvalue weighted by Gasteiger charge is -2.35. The Hall–Kier alpha value is -3.39. The number of hydroxylamine groups is 2. The third-order valence-electron chi connectivity index (χ3n) is 7.04.